The third-order valence-electron chi connectivity index (χ3n) is 4.83. The second kappa shape index (κ2) is 7.79. The number of halogens is 1. The Kier molecular flexibility index (Phi) is 6.04. The van der Waals surface area contributed by atoms with E-state index in [0.29, 0.717) is 11.8 Å². The Morgan fingerprint density at radius 2 is 2.10 bits per heavy atom. The molecule has 3 atom stereocenters. The Morgan fingerprint density at radius 3 is 2.76 bits per heavy atom. The minimum atomic E-state index is -0.282. The fraction of sp³-hybridized carbons (Fsp3) is 0.667. The molecule has 1 N–H and O–H groups in total. The zero-order valence-corrected chi connectivity index (χ0v) is 13.5. The van der Waals surface area contributed by atoms with Gasteiger partial charge in [0.15, 0.2) is 11.6 Å². The van der Waals surface area contributed by atoms with Crippen LogP contribution in [0.15, 0.2) is 18.2 Å². The monoisotopic (exact) mass is 293 g/mol. The number of rotatable bonds is 5. The van der Waals surface area contributed by atoms with Gasteiger partial charge >= 0.3 is 0 Å². The van der Waals surface area contributed by atoms with E-state index in [-0.39, 0.29) is 11.9 Å². The van der Waals surface area contributed by atoms with E-state index in [2.05, 4.69) is 19.2 Å². The van der Waals surface area contributed by atoms with Crippen molar-refractivity contribution in [3.8, 4) is 5.75 Å². The third-order valence-corrected chi connectivity index (χ3v) is 4.83. The molecule has 0 aromatic heterocycles. The smallest absolute Gasteiger partial charge is 0.165 e. The molecule has 21 heavy (non-hydrogen) atoms. The molecule has 2 rings (SSSR count). The molecule has 2 nitrogen and oxygen atoms in total. The summed E-state index contributed by atoms with van der Waals surface area (Å²) in [7, 11) is 1.50. The first kappa shape index (κ1) is 16.3. The zero-order chi connectivity index (χ0) is 15.2. The van der Waals surface area contributed by atoms with Gasteiger partial charge in [0.25, 0.3) is 0 Å². The summed E-state index contributed by atoms with van der Waals surface area (Å²) in [5.74, 6) is 0.923. The summed E-state index contributed by atoms with van der Waals surface area (Å²) in [5.41, 5.74) is 0.990. The van der Waals surface area contributed by atoms with Crippen LogP contribution in [0.3, 0.4) is 0 Å². The first-order valence-electron chi connectivity index (χ1n) is 8.23. The van der Waals surface area contributed by atoms with E-state index >= 15 is 0 Å². The van der Waals surface area contributed by atoms with Crippen LogP contribution in [0.5, 0.6) is 5.75 Å². The molecule has 3 unspecified atom stereocenters. The quantitative estimate of drug-likeness (QED) is 0.784. The van der Waals surface area contributed by atoms with Crippen molar-refractivity contribution in [3.63, 3.8) is 0 Å². The summed E-state index contributed by atoms with van der Waals surface area (Å²) in [4.78, 5) is 0. The topological polar surface area (TPSA) is 21.3 Å². The van der Waals surface area contributed by atoms with E-state index in [1.807, 2.05) is 6.07 Å². The van der Waals surface area contributed by atoms with Gasteiger partial charge in [0.1, 0.15) is 0 Å². The van der Waals surface area contributed by atoms with E-state index in [1.165, 1.54) is 45.6 Å². The third kappa shape index (κ3) is 4.44. The van der Waals surface area contributed by atoms with Crippen molar-refractivity contribution in [2.24, 2.45) is 5.92 Å². The first-order chi connectivity index (χ1) is 10.1. The van der Waals surface area contributed by atoms with Crippen molar-refractivity contribution in [3.05, 3.63) is 29.6 Å². The minimum absolute atomic E-state index is 0.175. The van der Waals surface area contributed by atoms with Crippen LogP contribution < -0.4 is 10.1 Å². The summed E-state index contributed by atoms with van der Waals surface area (Å²) in [6, 6.07) is 5.98. The van der Waals surface area contributed by atoms with E-state index in [4.69, 9.17) is 4.74 Å². The van der Waals surface area contributed by atoms with Gasteiger partial charge in [-0.15, -0.1) is 0 Å². The molecule has 1 aliphatic carbocycles. The summed E-state index contributed by atoms with van der Waals surface area (Å²) in [5, 5.41) is 3.68. The second-order valence-electron chi connectivity index (χ2n) is 6.26. The molecule has 0 saturated heterocycles. The fourth-order valence-corrected chi connectivity index (χ4v) is 3.36. The lowest BCUT2D eigenvalue weighted by atomic mass is 9.97. The van der Waals surface area contributed by atoms with Crippen LogP contribution in [0.1, 0.15) is 64.0 Å². The molecule has 0 heterocycles. The van der Waals surface area contributed by atoms with E-state index in [0.717, 1.165) is 11.5 Å². The fourth-order valence-electron chi connectivity index (χ4n) is 3.36. The van der Waals surface area contributed by atoms with Crippen molar-refractivity contribution in [2.75, 3.05) is 7.11 Å². The van der Waals surface area contributed by atoms with Crippen LogP contribution in [-0.4, -0.2) is 13.2 Å². The molecular formula is C18H28FNO. The lowest BCUT2D eigenvalue weighted by Gasteiger charge is -2.23. The van der Waals surface area contributed by atoms with Crippen LogP contribution in [0.2, 0.25) is 0 Å². The number of ether oxygens (including phenoxy) is 1. The predicted octanol–water partition coefficient (Wildman–Crippen LogP) is 4.84. The Balaban J connectivity index is 1.94. The maximum absolute atomic E-state index is 13.8. The Hall–Kier alpha value is -1.09. The Morgan fingerprint density at radius 1 is 1.29 bits per heavy atom. The molecule has 0 amide bonds. The van der Waals surface area contributed by atoms with Crippen molar-refractivity contribution in [1.29, 1.82) is 0 Å². The van der Waals surface area contributed by atoms with Crippen LogP contribution in [-0.2, 0) is 0 Å². The molecular weight excluding hydrogens is 265 g/mol. The highest BCUT2D eigenvalue weighted by Gasteiger charge is 2.20. The van der Waals surface area contributed by atoms with Gasteiger partial charge in [-0.2, -0.15) is 0 Å². The lowest BCUT2D eigenvalue weighted by Crippen LogP contribution is -2.31. The van der Waals surface area contributed by atoms with Gasteiger partial charge in [0.05, 0.1) is 7.11 Å². The van der Waals surface area contributed by atoms with Crippen molar-refractivity contribution in [2.45, 2.75) is 64.5 Å². The average molecular weight is 293 g/mol. The van der Waals surface area contributed by atoms with Gasteiger partial charge in [-0.1, -0.05) is 32.3 Å². The summed E-state index contributed by atoms with van der Waals surface area (Å²) < 4.78 is 18.8. The summed E-state index contributed by atoms with van der Waals surface area (Å²) in [6.07, 6.45) is 7.75. The van der Waals surface area contributed by atoms with E-state index in [9.17, 15) is 4.39 Å². The summed E-state index contributed by atoms with van der Waals surface area (Å²) >= 11 is 0. The Bertz CT molecular complexity index is 449. The largest absolute Gasteiger partial charge is 0.494 e. The standard InChI is InChI=1S/C18H28FNO/c1-4-14-6-5-7-16(10-8-14)20-13(2)15-9-11-18(21-3)17(19)12-15/h9,11-14,16,20H,4-8,10H2,1-3H3. The van der Waals surface area contributed by atoms with Crippen LogP contribution in [0.4, 0.5) is 4.39 Å². The highest BCUT2D eigenvalue weighted by atomic mass is 19.1. The molecule has 0 aliphatic heterocycles. The summed E-state index contributed by atoms with van der Waals surface area (Å²) in [6.45, 7) is 4.41. The van der Waals surface area contributed by atoms with Crippen molar-refractivity contribution < 1.29 is 9.13 Å². The van der Waals surface area contributed by atoms with E-state index < -0.39 is 0 Å². The molecule has 1 fully saturated rings. The maximum Gasteiger partial charge on any atom is 0.165 e. The van der Waals surface area contributed by atoms with E-state index in [1.54, 1.807) is 12.1 Å². The molecule has 1 aromatic carbocycles. The maximum atomic E-state index is 13.8. The predicted molar refractivity (Wildman–Crippen MR) is 85.2 cm³/mol. The number of hydrogen-bond donors (Lipinski definition) is 1. The first-order valence-corrected chi connectivity index (χ1v) is 8.23. The molecule has 0 radical (unpaired) electrons. The van der Waals surface area contributed by atoms with Gasteiger partial charge < -0.3 is 10.1 Å². The number of hydrogen-bond acceptors (Lipinski definition) is 2. The van der Waals surface area contributed by atoms with Gasteiger partial charge in [-0.25, -0.2) is 4.39 Å². The van der Waals surface area contributed by atoms with Gasteiger partial charge in [0.2, 0.25) is 0 Å². The normalized spacial score (nSPS) is 24.4. The lowest BCUT2D eigenvalue weighted by molar-refractivity contribution is 0.382. The number of nitrogens with one attached hydrogen (secondary N) is 1. The molecule has 1 aromatic rings. The van der Waals surface area contributed by atoms with Crippen molar-refractivity contribution in [1.82, 2.24) is 5.32 Å². The average Bonchev–Trinajstić information content (AvgIpc) is 2.72. The molecule has 3 heteroatoms. The van der Waals surface area contributed by atoms with Crippen molar-refractivity contribution >= 4 is 0 Å². The zero-order valence-electron chi connectivity index (χ0n) is 13.5. The SMILES string of the molecule is CCC1CCCC(NC(C)c2ccc(OC)c(F)c2)CC1. The highest BCUT2D eigenvalue weighted by Crippen LogP contribution is 2.28. The van der Waals surface area contributed by atoms with Gasteiger partial charge in [0, 0.05) is 12.1 Å². The van der Waals surface area contributed by atoms with Crippen LogP contribution >= 0.6 is 0 Å². The van der Waals surface area contributed by atoms with Crippen LogP contribution in [0.25, 0.3) is 0 Å². The highest BCUT2D eigenvalue weighted by molar-refractivity contribution is 5.30. The second-order valence-corrected chi connectivity index (χ2v) is 6.26. The molecule has 1 aliphatic rings. The van der Waals surface area contributed by atoms with Crippen LogP contribution in [0, 0.1) is 11.7 Å². The molecule has 0 spiro atoms. The minimum Gasteiger partial charge on any atom is -0.494 e. The molecule has 118 valence electrons. The van der Waals surface area contributed by atoms with Gasteiger partial charge in [-0.3, -0.25) is 0 Å². The van der Waals surface area contributed by atoms with Gasteiger partial charge in [-0.05, 0) is 49.8 Å². The molecule has 0 bridgehead atoms. The number of benzene rings is 1. The number of methoxy groups -OCH3 is 1. The Labute approximate surface area is 128 Å². The molecule has 1 saturated carbocycles.